The topological polar surface area (TPSA) is 72.4 Å². The predicted octanol–water partition coefficient (Wildman–Crippen LogP) is 2.17. The largest absolute Gasteiger partial charge is 0.481 e. The van der Waals surface area contributed by atoms with Crippen molar-refractivity contribution in [3.05, 3.63) is 34.3 Å². The van der Waals surface area contributed by atoms with E-state index >= 15 is 0 Å². The van der Waals surface area contributed by atoms with Gasteiger partial charge in [0, 0.05) is 7.05 Å². The van der Waals surface area contributed by atoms with Crippen LogP contribution in [0.5, 0.6) is 0 Å². The minimum absolute atomic E-state index is 0.101. The van der Waals surface area contributed by atoms with Crippen LogP contribution in [-0.4, -0.2) is 15.6 Å². The first-order chi connectivity index (χ1) is 8.78. The molecule has 2 rings (SSSR count). The van der Waals surface area contributed by atoms with Gasteiger partial charge in [0.05, 0.1) is 11.9 Å². The molecule has 1 aromatic carbocycles. The predicted molar refractivity (Wildman–Crippen MR) is 71.2 cm³/mol. The van der Waals surface area contributed by atoms with Crippen LogP contribution in [-0.2, 0) is 18.3 Å². The molecule has 0 aliphatic carbocycles. The van der Waals surface area contributed by atoms with Crippen molar-refractivity contribution in [2.45, 2.75) is 26.7 Å². The Morgan fingerprint density at radius 3 is 2.74 bits per heavy atom. The third-order valence-electron chi connectivity index (χ3n) is 3.17. The fourth-order valence-corrected chi connectivity index (χ4v) is 2.31. The first-order valence-electron chi connectivity index (χ1n) is 6.09. The normalized spacial score (nSPS) is 11.9. The molecule has 0 spiro atoms. The maximum atomic E-state index is 11.4. The van der Waals surface area contributed by atoms with Gasteiger partial charge in [-0.25, -0.2) is 4.79 Å². The van der Waals surface area contributed by atoms with Gasteiger partial charge in [-0.15, -0.1) is 0 Å². The zero-order chi connectivity index (χ0) is 14.2. The number of carbonyl (C=O) groups is 1. The summed E-state index contributed by atoms with van der Waals surface area (Å²) in [7, 11) is 1.65. The fourth-order valence-electron chi connectivity index (χ4n) is 2.31. The number of benzene rings is 1. The SMILES string of the molecule is Cn1c(=O)oc2cc(CC(C)(C)CC(=O)O)ccc21. The lowest BCUT2D eigenvalue weighted by Gasteiger charge is -2.22. The zero-order valence-corrected chi connectivity index (χ0v) is 11.3. The van der Waals surface area contributed by atoms with Crippen LogP contribution >= 0.6 is 0 Å². The second-order valence-electron chi connectivity index (χ2n) is 5.64. The molecular weight excluding hydrogens is 246 g/mol. The molecular formula is C14H17NO4. The van der Waals surface area contributed by atoms with Gasteiger partial charge in [0.15, 0.2) is 5.58 Å². The number of hydrogen-bond acceptors (Lipinski definition) is 3. The lowest BCUT2D eigenvalue weighted by Crippen LogP contribution is -2.19. The van der Waals surface area contributed by atoms with Gasteiger partial charge < -0.3 is 9.52 Å². The Labute approximate surface area is 110 Å². The van der Waals surface area contributed by atoms with E-state index < -0.39 is 11.7 Å². The molecule has 0 bridgehead atoms. The summed E-state index contributed by atoms with van der Waals surface area (Å²) in [6, 6.07) is 5.54. The average molecular weight is 263 g/mol. The monoisotopic (exact) mass is 263 g/mol. The number of fused-ring (bicyclic) bond motifs is 1. The molecule has 5 heteroatoms. The molecule has 0 saturated carbocycles. The number of aromatic nitrogens is 1. The van der Waals surface area contributed by atoms with Crippen LogP contribution in [0.1, 0.15) is 25.8 Å². The minimum atomic E-state index is -0.808. The summed E-state index contributed by atoms with van der Waals surface area (Å²) in [5.41, 5.74) is 1.91. The van der Waals surface area contributed by atoms with E-state index in [0.717, 1.165) is 11.1 Å². The molecule has 1 aromatic heterocycles. The number of rotatable bonds is 4. The summed E-state index contributed by atoms with van der Waals surface area (Å²) < 4.78 is 6.57. The van der Waals surface area contributed by atoms with Crippen molar-refractivity contribution in [2.24, 2.45) is 12.5 Å². The summed E-state index contributed by atoms with van der Waals surface area (Å²) in [6.45, 7) is 3.82. The van der Waals surface area contributed by atoms with Crippen molar-refractivity contribution >= 4 is 17.1 Å². The second kappa shape index (κ2) is 4.57. The number of hydrogen-bond donors (Lipinski definition) is 1. The Morgan fingerprint density at radius 2 is 2.11 bits per heavy atom. The molecule has 5 nitrogen and oxygen atoms in total. The molecule has 0 atom stereocenters. The fraction of sp³-hybridized carbons (Fsp3) is 0.429. The Kier molecular flexibility index (Phi) is 3.22. The van der Waals surface area contributed by atoms with Gasteiger partial charge in [0.2, 0.25) is 0 Å². The van der Waals surface area contributed by atoms with Crippen LogP contribution in [0.3, 0.4) is 0 Å². The zero-order valence-electron chi connectivity index (χ0n) is 11.3. The molecule has 0 aliphatic rings. The Balaban J connectivity index is 2.32. The van der Waals surface area contributed by atoms with Crippen molar-refractivity contribution in [1.29, 1.82) is 0 Å². The van der Waals surface area contributed by atoms with Crippen LogP contribution in [0.2, 0.25) is 0 Å². The molecule has 0 aliphatic heterocycles. The van der Waals surface area contributed by atoms with Gasteiger partial charge in [-0.2, -0.15) is 0 Å². The van der Waals surface area contributed by atoms with E-state index in [0.29, 0.717) is 12.0 Å². The highest BCUT2D eigenvalue weighted by atomic mass is 16.4. The number of aliphatic carboxylic acids is 1. The Bertz CT molecular complexity index is 678. The average Bonchev–Trinajstić information content (AvgIpc) is 2.51. The van der Waals surface area contributed by atoms with E-state index in [2.05, 4.69) is 0 Å². The van der Waals surface area contributed by atoms with Crippen molar-refractivity contribution in [2.75, 3.05) is 0 Å². The molecule has 1 heterocycles. The van der Waals surface area contributed by atoms with Gasteiger partial charge in [-0.3, -0.25) is 9.36 Å². The highest BCUT2D eigenvalue weighted by molar-refractivity contribution is 5.73. The van der Waals surface area contributed by atoms with Crippen LogP contribution in [0.4, 0.5) is 0 Å². The molecule has 0 saturated heterocycles. The van der Waals surface area contributed by atoms with Crippen molar-refractivity contribution in [1.82, 2.24) is 4.57 Å². The number of carboxylic acids is 1. The van der Waals surface area contributed by atoms with Gasteiger partial charge in [0.1, 0.15) is 0 Å². The standard InChI is InChI=1S/C14H17NO4/c1-14(2,8-12(16)17)7-9-4-5-10-11(6-9)19-13(18)15(10)3/h4-6H,7-8H2,1-3H3,(H,16,17). The van der Waals surface area contributed by atoms with Crippen molar-refractivity contribution < 1.29 is 14.3 Å². The lowest BCUT2D eigenvalue weighted by molar-refractivity contribution is -0.139. The molecule has 2 aromatic rings. The van der Waals surface area contributed by atoms with E-state index in [1.54, 1.807) is 13.1 Å². The van der Waals surface area contributed by atoms with E-state index in [4.69, 9.17) is 9.52 Å². The lowest BCUT2D eigenvalue weighted by atomic mass is 9.83. The van der Waals surface area contributed by atoms with E-state index in [1.807, 2.05) is 26.0 Å². The highest BCUT2D eigenvalue weighted by Crippen LogP contribution is 2.27. The molecule has 19 heavy (non-hydrogen) atoms. The van der Waals surface area contributed by atoms with Gasteiger partial charge in [-0.1, -0.05) is 19.9 Å². The Morgan fingerprint density at radius 1 is 1.42 bits per heavy atom. The third-order valence-corrected chi connectivity index (χ3v) is 3.17. The minimum Gasteiger partial charge on any atom is -0.481 e. The third kappa shape index (κ3) is 2.86. The van der Waals surface area contributed by atoms with E-state index in [9.17, 15) is 9.59 Å². The summed E-state index contributed by atoms with van der Waals surface area (Å²) in [6.07, 6.45) is 0.720. The maximum Gasteiger partial charge on any atom is 0.419 e. The van der Waals surface area contributed by atoms with Gasteiger partial charge in [-0.05, 0) is 29.5 Å². The summed E-state index contributed by atoms with van der Waals surface area (Å²) in [4.78, 5) is 22.2. The summed E-state index contributed by atoms with van der Waals surface area (Å²) in [5.74, 6) is -1.20. The molecule has 0 fully saturated rings. The van der Waals surface area contributed by atoms with E-state index in [-0.39, 0.29) is 11.8 Å². The smallest absolute Gasteiger partial charge is 0.419 e. The van der Waals surface area contributed by atoms with Gasteiger partial charge >= 0.3 is 11.7 Å². The van der Waals surface area contributed by atoms with Crippen LogP contribution in [0.25, 0.3) is 11.1 Å². The summed E-state index contributed by atoms with van der Waals surface area (Å²) >= 11 is 0. The number of carboxylic acid groups (broad SMARTS) is 1. The molecule has 1 N–H and O–H groups in total. The Hall–Kier alpha value is -2.04. The first kappa shape index (κ1) is 13.4. The molecule has 102 valence electrons. The molecule has 0 radical (unpaired) electrons. The highest BCUT2D eigenvalue weighted by Gasteiger charge is 2.22. The van der Waals surface area contributed by atoms with Crippen molar-refractivity contribution in [3.63, 3.8) is 0 Å². The number of aryl methyl sites for hydroxylation is 1. The first-order valence-corrected chi connectivity index (χ1v) is 6.09. The maximum absolute atomic E-state index is 11.4. The molecule has 0 unspecified atom stereocenters. The van der Waals surface area contributed by atoms with E-state index in [1.165, 1.54) is 4.57 Å². The number of nitrogens with zero attached hydrogens (tertiary/aromatic N) is 1. The second-order valence-corrected chi connectivity index (χ2v) is 5.64. The van der Waals surface area contributed by atoms with Gasteiger partial charge in [0.25, 0.3) is 0 Å². The quantitative estimate of drug-likeness (QED) is 0.917. The summed E-state index contributed by atoms with van der Waals surface area (Å²) in [5, 5.41) is 8.88. The van der Waals surface area contributed by atoms with Crippen LogP contribution in [0, 0.1) is 5.41 Å². The number of oxazole rings is 1. The van der Waals surface area contributed by atoms with Crippen LogP contribution in [0.15, 0.2) is 27.4 Å². The van der Waals surface area contributed by atoms with Crippen LogP contribution < -0.4 is 5.76 Å². The molecule has 0 amide bonds. The van der Waals surface area contributed by atoms with Crippen molar-refractivity contribution in [3.8, 4) is 0 Å².